The molecule has 33 heavy (non-hydrogen) atoms. The number of anilines is 1. The number of benzene rings is 2. The van der Waals surface area contributed by atoms with Crippen molar-refractivity contribution in [2.75, 3.05) is 5.32 Å². The Morgan fingerprint density at radius 2 is 1.97 bits per heavy atom. The minimum Gasteiger partial charge on any atom is -0.324 e. The third-order valence-electron chi connectivity index (χ3n) is 6.12. The van der Waals surface area contributed by atoms with Crippen LogP contribution in [0.15, 0.2) is 47.3 Å². The number of nitrogens with one attached hydrogen (secondary N) is 1. The number of rotatable bonds is 4. The molecule has 1 amide bonds. The molecule has 0 unspecified atom stereocenters. The van der Waals surface area contributed by atoms with E-state index in [2.05, 4.69) is 5.32 Å². The van der Waals surface area contributed by atoms with Crippen molar-refractivity contribution in [1.29, 1.82) is 0 Å². The topological polar surface area (TPSA) is 64.0 Å². The van der Waals surface area contributed by atoms with Gasteiger partial charge in [-0.25, -0.2) is 4.98 Å². The largest absolute Gasteiger partial charge is 0.324 e. The van der Waals surface area contributed by atoms with Crippen molar-refractivity contribution in [2.45, 2.75) is 46.1 Å². The number of thiophene rings is 1. The number of hydrogen-bond acceptors (Lipinski definition) is 4. The van der Waals surface area contributed by atoms with E-state index in [9.17, 15) is 9.59 Å². The minimum absolute atomic E-state index is 0.113. The Balaban J connectivity index is 1.62. The van der Waals surface area contributed by atoms with E-state index in [0.717, 1.165) is 52.8 Å². The second kappa shape index (κ2) is 8.76. The van der Waals surface area contributed by atoms with Crippen molar-refractivity contribution < 1.29 is 4.79 Å². The zero-order valence-electron chi connectivity index (χ0n) is 18.6. The van der Waals surface area contributed by atoms with Gasteiger partial charge in [-0.1, -0.05) is 35.4 Å². The van der Waals surface area contributed by atoms with Gasteiger partial charge < -0.3 is 5.32 Å². The number of carbonyl (C=O) groups is 1. The first kappa shape index (κ1) is 21.9. The van der Waals surface area contributed by atoms with Crippen molar-refractivity contribution in [3.63, 3.8) is 0 Å². The molecule has 4 aromatic rings. The van der Waals surface area contributed by atoms with Crippen LogP contribution in [0.25, 0.3) is 21.6 Å². The summed E-state index contributed by atoms with van der Waals surface area (Å²) in [7, 11) is 0. The third kappa shape index (κ3) is 4.21. The molecular weight excluding hydrogens is 454 g/mol. The molecular formula is C26H24ClN3O2S. The van der Waals surface area contributed by atoms with E-state index in [4.69, 9.17) is 16.6 Å². The lowest BCUT2D eigenvalue weighted by Crippen LogP contribution is -2.30. The highest BCUT2D eigenvalue weighted by molar-refractivity contribution is 7.18. The number of aromatic nitrogens is 2. The Kier molecular flexibility index (Phi) is 5.81. The summed E-state index contributed by atoms with van der Waals surface area (Å²) >= 11 is 7.67. The molecule has 0 saturated carbocycles. The van der Waals surface area contributed by atoms with Crippen LogP contribution in [-0.2, 0) is 24.2 Å². The van der Waals surface area contributed by atoms with Crippen LogP contribution in [0.4, 0.5) is 5.69 Å². The van der Waals surface area contributed by atoms with E-state index in [1.807, 2.05) is 38.1 Å². The highest BCUT2D eigenvalue weighted by Gasteiger charge is 2.23. The highest BCUT2D eigenvalue weighted by atomic mass is 35.5. The molecule has 1 aliphatic carbocycles. The Labute approximate surface area is 201 Å². The molecule has 7 heteroatoms. The number of hydrogen-bond donors (Lipinski definition) is 1. The zero-order valence-corrected chi connectivity index (χ0v) is 20.1. The Bertz CT molecular complexity index is 1450. The van der Waals surface area contributed by atoms with E-state index in [0.29, 0.717) is 21.9 Å². The minimum atomic E-state index is -0.276. The van der Waals surface area contributed by atoms with Crippen LogP contribution in [0.3, 0.4) is 0 Å². The summed E-state index contributed by atoms with van der Waals surface area (Å²) in [5, 5.41) is 4.22. The van der Waals surface area contributed by atoms with Crippen LogP contribution in [0.2, 0.25) is 5.02 Å². The molecule has 0 bridgehead atoms. The maximum absolute atomic E-state index is 13.8. The molecule has 0 spiro atoms. The van der Waals surface area contributed by atoms with Gasteiger partial charge in [-0.15, -0.1) is 11.3 Å². The summed E-state index contributed by atoms with van der Waals surface area (Å²) in [6.07, 6.45) is 4.11. The van der Waals surface area contributed by atoms with Crippen molar-refractivity contribution in [2.24, 2.45) is 0 Å². The fraction of sp³-hybridized carbons (Fsp3) is 0.269. The lowest BCUT2D eigenvalue weighted by Gasteiger charge is -2.15. The van der Waals surface area contributed by atoms with Gasteiger partial charge in [-0.3, -0.25) is 14.2 Å². The van der Waals surface area contributed by atoms with E-state index >= 15 is 0 Å². The van der Waals surface area contributed by atoms with Crippen LogP contribution in [-0.4, -0.2) is 15.5 Å². The summed E-state index contributed by atoms with van der Waals surface area (Å²) in [6.45, 7) is 3.78. The number of fused-ring (bicyclic) bond motifs is 3. The first-order chi connectivity index (χ1) is 15.9. The Morgan fingerprint density at radius 3 is 2.76 bits per heavy atom. The summed E-state index contributed by atoms with van der Waals surface area (Å²) < 4.78 is 1.53. The van der Waals surface area contributed by atoms with Crippen molar-refractivity contribution >= 4 is 44.7 Å². The number of aryl methyl sites for hydroxylation is 4. The fourth-order valence-electron chi connectivity index (χ4n) is 4.49. The van der Waals surface area contributed by atoms with E-state index in [1.165, 1.54) is 9.44 Å². The normalized spacial score (nSPS) is 13.2. The first-order valence-corrected chi connectivity index (χ1v) is 12.3. The van der Waals surface area contributed by atoms with Crippen LogP contribution >= 0.6 is 22.9 Å². The standard InChI is InChI=1S/C26H24ClN3O2S/c1-15-6-5-7-17(12-15)24-29-25-23(19-8-3-4-9-21(19)33-25)26(32)30(24)14-22(31)28-20-11-10-18(27)13-16(20)2/h5-7,10-13H,3-4,8-9,14H2,1-2H3,(H,28,31). The van der Waals surface area contributed by atoms with E-state index in [-0.39, 0.29) is 18.0 Å². The van der Waals surface area contributed by atoms with E-state index in [1.54, 1.807) is 29.5 Å². The summed E-state index contributed by atoms with van der Waals surface area (Å²) in [6, 6.07) is 13.2. The van der Waals surface area contributed by atoms with Gasteiger partial charge in [0, 0.05) is 21.2 Å². The summed E-state index contributed by atoms with van der Waals surface area (Å²) in [4.78, 5) is 33.8. The maximum Gasteiger partial charge on any atom is 0.263 e. The molecule has 1 N–H and O–H groups in total. The van der Waals surface area contributed by atoms with Gasteiger partial charge in [0.25, 0.3) is 5.56 Å². The molecule has 5 rings (SSSR count). The molecule has 2 aromatic heterocycles. The second-order valence-electron chi connectivity index (χ2n) is 8.59. The predicted octanol–water partition coefficient (Wildman–Crippen LogP) is 5.91. The molecule has 168 valence electrons. The molecule has 0 radical (unpaired) electrons. The Hall–Kier alpha value is -2.96. The number of carbonyl (C=O) groups excluding carboxylic acids is 1. The molecule has 0 fully saturated rings. The molecule has 0 aliphatic heterocycles. The van der Waals surface area contributed by atoms with Crippen LogP contribution in [0, 0.1) is 13.8 Å². The summed E-state index contributed by atoms with van der Waals surface area (Å²) in [5.41, 5.74) is 4.42. The molecule has 5 nitrogen and oxygen atoms in total. The van der Waals surface area contributed by atoms with Gasteiger partial charge in [-0.05, 0) is 74.9 Å². The third-order valence-corrected chi connectivity index (χ3v) is 7.54. The number of halogens is 1. The molecule has 1 aliphatic rings. The van der Waals surface area contributed by atoms with Gasteiger partial charge in [0.05, 0.1) is 5.39 Å². The monoisotopic (exact) mass is 477 g/mol. The van der Waals surface area contributed by atoms with Crippen molar-refractivity contribution in [3.05, 3.63) is 79.4 Å². The Morgan fingerprint density at radius 1 is 1.15 bits per heavy atom. The smallest absolute Gasteiger partial charge is 0.263 e. The zero-order chi connectivity index (χ0) is 23.1. The van der Waals surface area contributed by atoms with Crippen LogP contribution in [0.5, 0.6) is 0 Å². The first-order valence-electron chi connectivity index (χ1n) is 11.1. The van der Waals surface area contributed by atoms with E-state index < -0.39 is 0 Å². The summed E-state index contributed by atoms with van der Waals surface area (Å²) in [5.74, 6) is 0.249. The lowest BCUT2D eigenvalue weighted by molar-refractivity contribution is -0.116. The van der Waals surface area contributed by atoms with Crippen LogP contribution < -0.4 is 10.9 Å². The number of amides is 1. The average molecular weight is 478 g/mol. The van der Waals surface area contributed by atoms with Gasteiger partial charge in [0.2, 0.25) is 5.91 Å². The second-order valence-corrected chi connectivity index (χ2v) is 10.1. The average Bonchev–Trinajstić information content (AvgIpc) is 3.16. The maximum atomic E-state index is 13.8. The molecule has 2 aromatic carbocycles. The van der Waals surface area contributed by atoms with Gasteiger partial charge >= 0.3 is 0 Å². The van der Waals surface area contributed by atoms with Gasteiger partial charge in [-0.2, -0.15) is 0 Å². The molecule has 0 saturated heterocycles. The highest BCUT2D eigenvalue weighted by Crippen LogP contribution is 2.35. The number of nitrogens with zero attached hydrogens (tertiary/aromatic N) is 2. The lowest BCUT2D eigenvalue weighted by atomic mass is 9.97. The quantitative estimate of drug-likeness (QED) is 0.397. The van der Waals surface area contributed by atoms with Crippen molar-refractivity contribution in [1.82, 2.24) is 9.55 Å². The predicted molar refractivity (Wildman–Crippen MR) is 136 cm³/mol. The van der Waals surface area contributed by atoms with Crippen LogP contribution in [0.1, 0.15) is 34.4 Å². The molecule has 2 heterocycles. The van der Waals surface area contributed by atoms with Crippen molar-refractivity contribution in [3.8, 4) is 11.4 Å². The van der Waals surface area contributed by atoms with Gasteiger partial charge in [0.1, 0.15) is 17.2 Å². The van der Waals surface area contributed by atoms with Gasteiger partial charge in [0.15, 0.2) is 0 Å². The SMILES string of the molecule is Cc1cccc(-c2nc3sc4c(c3c(=O)n2CC(=O)Nc2ccc(Cl)cc2C)CCCC4)c1. The molecule has 0 atom stereocenters. The fourth-order valence-corrected chi connectivity index (χ4v) is 5.97.